The van der Waals surface area contributed by atoms with E-state index in [9.17, 15) is 79.2 Å². The minimum atomic E-state index is -4.19. The molecule has 382 valence electrons. The zero-order valence-corrected chi connectivity index (χ0v) is 42.3. The molecule has 0 aliphatic rings. The lowest BCUT2D eigenvalue weighted by Gasteiger charge is -2.12. The van der Waals surface area contributed by atoms with E-state index in [2.05, 4.69) is 0 Å². The standard InChI is InChI=1S/C42H33O9S4.3CHF3S.CH4/c1-28(43)31-4-16-37(17-5-31)53(46,47)40-22-10-34(11-23-40)52(35-12-24-41(25-13-35)54(48,49)38-18-6-32(7-19-38)29(2)44)36-14-26-42(27-15-36)55(50,51)39-20-8-33(9-21-39)30(3)45;3*2-1(3,4)5;/h4-27H,1-3H3;3*5H;1H4/q+1;;;;/p+3. The molecule has 0 unspecified atom stereocenters. The molecule has 0 spiro atoms. The lowest BCUT2D eigenvalue weighted by molar-refractivity contribution is -0.0325. The predicted octanol–water partition coefficient (Wildman–Crippen LogP) is 10.1. The van der Waals surface area contributed by atoms with Gasteiger partial charge >= 0.3 is 16.5 Å². The average molecular weight is 1140 g/mol. The van der Waals surface area contributed by atoms with Gasteiger partial charge in [-0.3, -0.25) is 14.4 Å². The second kappa shape index (κ2) is 25.1. The zero-order chi connectivity index (χ0) is 53.2. The molecular formula is C46H43F9O9S7+4. The van der Waals surface area contributed by atoms with Crippen LogP contribution in [0.4, 0.5) is 39.5 Å². The SMILES string of the molecule is C.CC(=O)c1ccc(S(=O)(=O)c2ccc([S+](c3ccc(S(=O)(=O)c4ccc(C(C)=O)cc4)cc3)c3ccc(S(=O)(=O)c4ccc(C(C)=O)cc4)cc3)cc2)cc1.FC(F)(F)[SH2+].FC(F)(F)[SH2+].FC(F)(F)[SH2+]. The zero-order valence-electron chi connectivity index (χ0n) is 36.1. The molecule has 0 saturated heterocycles. The third-order valence-electron chi connectivity index (χ3n) is 8.82. The summed E-state index contributed by atoms with van der Waals surface area (Å²) < 4.78 is 173. The topological polar surface area (TPSA) is 154 Å². The number of hydrogen-bond donors (Lipinski definition) is 0. The van der Waals surface area contributed by atoms with Crippen LogP contribution in [0, 0.1) is 0 Å². The number of rotatable bonds is 12. The van der Waals surface area contributed by atoms with E-state index in [1.54, 1.807) is 36.4 Å². The first-order chi connectivity index (χ1) is 32.0. The van der Waals surface area contributed by atoms with Crippen LogP contribution in [0.1, 0.15) is 59.3 Å². The van der Waals surface area contributed by atoms with Crippen molar-refractivity contribution in [2.45, 2.75) is 88.8 Å². The molecule has 6 aromatic carbocycles. The number of sulfone groups is 3. The third kappa shape index (κ3) is 19.5. The molecule has 0 aliphatic carbocycles. The molecule has 6 rings (SSSR count). The minimum Gasteiger partial charge on any atom is -0.295 e. The lowest BCUT2D eigenvalue weighted by atomic mass is 10.2. The summed E-state index contributed by atoms with van der Waals surface area (Å²) in [7, 11) is -12.8. The van der Waals surface area contributed by atoms with Crippen LogP contribution < -0.4 is 0 Å². The summed E-state index contributed by atoms with van der Waals surface area (Å²) in [4.78, 5) is 37.2. The van der Waals surface area contributed by atoms with Crippen LogP contribution in [-0.2, 0) is 78.3 Å². The van der Waals surface area contributed by atoms with Crippen LogP contribution in [0.5, 0.6) is 0 Å². The van der Waals surface area contributed by atoms with Gasteiger partial charge in [-0.2, -0.15) is 0 Å². The molecule has 0 heterocycles. The smallest absolute Gasteiger partial charge is 0.295 e. The van der Waals surface area contributed by atoms with Gasteiger partial charge in [0.15, 0.2) is 32.0 Å². The molecule has 0 N–H and O–H groups in total. The van der Waals surface area contributed by atoms with Crippen molar-refractivity contribution in [3.63, 3.8) is 0 Å². The minimum absolute atomic E-state index is 0. The molecule has 0 saturated carbocycles. The Labute approximate surface area is 423 Å². The fourth-order valence-corrected chi connectivity index (χ4v) is 11.5. The summed E-state index contributed by atoms with van der Waals surface area (Å²) in [6.07, 6.45) is 0. The molecule has 0 aromatic heterocycles. The predicted molar refractivity (Wildman–Crippen MR) is 263 cm³/mol. The Balaban J connectivity index is 0.000000944. The molecule has 6 aromatic rings. The van der Waals surface area contributed by atoms with Gasteiger partial charge in [-0.15, -0.1) is 39.5 Å². The first-order valence-corrected chi connectivity index (χ1v) is 26.3. The Morgan fingerprint density at radius 2 is 0.465 bits per heavy atom. The van der Waals surface area contributed by atoms with Crippen LogP contribution in [0.25, 0.3) is 0 Å². The van der Waals surface area contributed by atoms with Crippen molar-refractivity contribution in [3.05, 3.63) is 162 Å². The first kappa shape index (κ1) is 62.1. The molecule has 71 heavy (non-hydrogen) atoms. The normalized spacial score (nSPS) is 11.8. The Bertz CT molecular complexity index is 2750. The number of carbonyl (C=O) groups is 3. The van der Waals surface area contributed by atoms with E-state index in [1.165, 1.54) is 168 Å². The Hall–Kier alpha value is -5.05. The number of hydrogen-bond acceptors (Lipinski definition) is 9. The number of halogens is 9. The fraction of sp³-hybridized carbons (Fsp3) is 0.152. The summed E-state index contributed by atoms with van der Waals surface area (Å²) in [5, 5.41) is 0. The van der Waals surface area contributed by atoms with Gasteiger partial charge in [-0.05, 0) is 130 Å². The van der Waals surface area contributed by atoms with Gasteiger partial charge in [0.1, 0.15) is 0 Å². The van der Waals surface area contributed by atoms with Crippen LogP contribution in [0.2, 0.25) is 0 Å². The van der Waals surface area contributed by atoms with Crippen molar-refractivity contribution < 1.29 is 79.2 Å². The van der Waals surface area contributed by atoms with E-state index in [0.29, 0.717) is 31.4 Å². The van der Waals surface area contributed by atoms with E-state index >= 15 is 0 Å². The third-order valence-corrected chi connectivity index (χ3v) is 16.4. The van der Waals surface area contributed by atoms with Crippen LogP contribution in [0.3, 0.4) is 0 Å². The Morgan fingerprint density at radius 3 is 0.592 bits per heavy atom. The molecule has 9 nitrogen and oxygen atoms in total. The van der Waals surface area contributed by atoms with Crippen LogP contribution in [0.15, 0.2) is 190 Å². The molecule has 0 aliphatic heterocycles. The highest BCUT2D eigenvalue weighted by atomic mass is 32.2. The first-order valence-electron chi connectivity index (χ1n) is 19.1. The highest BCUT2D eigenvalue weighted by Gasteiger charge is 2.32. The highest BCUT2D eigenvalue weighted by Crippen LogP contribution is 2.35. The quantitative estimate of drug-likeness (QED) is 0.0662. The molecule has 0 radical (unpaired) electrons. The fourth-order valence-electron chi connectivity index (χ4n) is 5.69. The van der Waals surface area contributed by atoms with Crippen LogP contribution >= 0.6 is 0 Å². The van der Waals surface area contributed by atoms with E-state index < -0.39 is 56.9 Å². The van der Waals surface area contributed by atoms with E-state index in [-0.39, 0.29) is 54.1 Å². The van der Waals surface area contributed by atoms with Crippen LogP contribution in [-0.4, -0.2) is 59.1 Å². The van der Waals surface area contributed by atoms with Gasteiger partial charge in [-0.1, -0.05) is 43.8 Å². The van der Waals surface area contributed by atoms with Gasteiger partial charge in [-0.25, -0.2) is 25.3 Å². The van der Waals surface area contributed by atoms with Crippen molar-refractivity contribution in [1.82, 2.24) is 0 Å². The van der Waals surface area contributed by atoms with Gasteiger partial charge in [0, 0.05) is 16.7 Å². The summed E-state index contributed by atoms with van der Waals surface area (Å²) in [5.74, 6) is -0.574. The summed E-state index contributed by atoms with van der Waals surface area (Å²) >= 11 is 4.26. The van der Waals surface area contributed by atoms with Gasteiger partial charge < -0.3 is 0 Å². The molecule has 0 bridgehead atoms. The molecule has 25 heteroatoms. The maximum atomic E-state index is 13.5. The maximum absolute atomic E-state index is 13.5. The van der Waals surface area contributed by atoms with E-state index in [0.717, 1.165) is 0 Å². The summed E-state index contributed by atoms with van der Waals surface area (Å²) in [6.45, 7) is 4.17. The average Bonchev–Trinajstić information content (AvgIpc) is 3.25. The van der Waals surface area contributed by atoms with Crippen molar-refractivity contribution in [3.8, 4) is 0 Å². The largest absolute Gasteiger partial charge is 0.570 e. The lowest BCUT2D eigenvalue weighted by Crippen LogP contribution is -2.09. The summed E-state index contributed by atoms with van der Waals surface area (Å²) in [5.41, 5.74) is -11.4. The number of ketones is 3. The monoisotopic (exact) mass is 1130 g/mol. The second-order valence-corrected chi connectivity index (χ2v) is 23.5. The van der Waals surface area contributed by atoms with E-state index in [1.807, 2.05) is 0 Å². The molecular weight excluding hydrogens is 1090 g/mol. The van der Waals surface area contributed by atoms with Crippen molar-refractivity contribution in [2.75, 3.05) is 0 Å². The van der Waals surface area contributed by atoms with E-state index in [4.69, 9.17) is 0 Å². The molecule has 0 atom stereocenters. The number of alkyl halides is 9. The van der Waals surface area contributed by atoms with Crippen molar-refractivity contribution in [2.24, 2.45) is 0 Å². The van der Waals surface area contributed by atoms with Crippen molar-refractivity contribution >= 4 is 95.6 Å². The number of carbonyl (C=O) groups excluding carboxylic acids is 3. The maximum Gasteiger partial charge on any atom is 0.570 e. The Kier molecular flexibility index (Phi) is 21.9. The number of benzene rings is 6. The summed E-state index contributed by atoms with van der Waals surface area (Å²) in [6, 6.07) is 35.8. The van der Waals surface area contributed by atoms with Crippen molar-refractivity contribution in [1.29, 1.82) is 0 Å². The Morgan fingerprint density at radius 1 is 0.338 bits per heavy atom. The molecule has 0 fully saturated rings. The van der Waals surface area contributed by atoms with Gasteiger partial charge in [0.05, 0.1) is 78.2 Å². The second-order valence-electron chi connectivity index (χ2n) is 14.0. The highest BCUT2D eigenvalue weighted by molar-refractivity contribution is 7.97. The van der Waals surface area contributed by atoms with Gasteiger partial charge in [0.25, 0.3) is 0 Å². The molecule has 0 amide bonds. The number of Topliss-reactive ketones (excluding diaryl/α,β-unsaturated/α-hetero) is 3. The van der Waals surface area contributed by atoms with Gasteiger partial charge in [0.2, 0.25) is 29.5 Å².